The van der Waals surface area contributed by atoms with Gasteiger partial charge in [0.05, 0.1) is 12.0 Å². The third kappa shape index (κ3) is 5.90. The maximum Gasteiger partial charge on any atom is 0.160 e. The van der Waals surface area contributed by atoms with E-state index in [0.29, 0.717) is 17.4 Å². The lowest BCUT2D eigenvalue weighted by Crippen LogP contribution is -2.50. The molecule has 0 radical (unpaired) electrons. The van der Waals surface area contributed by atoms with Gasteiger partial charge in [-0.1, -0.05) is 5.16 Å². The number of nitrogens with zero attached hydrogens (tertiary/aromatic N) is 2. The molecule has 0 amide bonds. The maximum atomic E-state index is 13.1. The first kappa shape index (κ1) is 23.4. The average molecular weight is 423 g/mol. The molecule has 0 bridgehead atoms. The number of carbonyl (C=O) groups is 1. The quantitative estimate of drug-likeness (QED) is 0.601. The van der Waals surface area contributed by atoms with Crippen LogP contribution in [-0.2, 0) is 31.0 Å². The largest absolute Gasteiger partial charge is 0.381 e. The van der Waals surface area contributed by atoms with Gasteiger partial charge in [0.15, 0.2) is 12.1 Å². The molecule has 0 saturated carbocycles. The molecule has 2 fully saturated rings. The highest BCUT2D eigenvalue weighted by atomic mass is 16.7. The van der Waals surface area contributed by atoms with Crippen molar-refractivity contribution in [3.05, 3.63) is 17.5 Å². The molecule has 7 heteroatoms. The number of carbonyl (C=O) groups excluding carboxylic acids is 1. The molecule has 0 aromatic carbocycles. The van der Waals surface area contributed by atoms with Gasteiger partial charge in [-0.2, -0.15) is 0 Å². The molecule has 1 unspecified atom stereocenters. The van der Waals surface area contributed by atoms with Crippen LogP contribution in [0.25, 0.3) is 0 Å². The number of Topliss-reactive ketones (excluding diaryl/α,β-unsaturated/α-hetero) is 1. The number of hydrogen-bond acceptors (Lipinski definition) is 7. The van der Waals surface area contributed by atoms with E-state index < -0.39 is 11.1 Å². The summed E-state index contributed by atoms with van der Waals surface area (Å²) in [6, 6.07) is 1.84. The minimum Gasteiger partial charge on any atom is -0.381 e. The van der Waals surface area contributed by atoms with E-state index in [4.69, 9.17) is 18.7 Å². The Morgan fingerprint density at radius 2 is 1.90 bits per heavy atom. The summed E-state index contributed by atoms with van der Waals surface area (Å²) in [5.41, 5.74) is -0.525. The van der Waals surface area contributed by atoms with Crippen molar-refractivity contribution in [2.45, 2.75) is 83.6 Å². The lowest BCUT2D eigenvalue weighted by atomic mass is 9.91. The van der Waals surface area contributed by atoms with Crippen LogP contribution >= 0.6 is 0 Å². The van der Waals surface area contributed by atoms with E-state index in [1.165, 1.54) is 0 Å². The van der Waals surface area contributed by atoms with Crippen LogP contribution in [0.3, 0.4) is 0 Å². The number of ether oxygens (including phenoxy) is 3. The van der Waals surface area contributed by atoms with Gasteiger partial charge in [-0.25, -0.2) is 0 Å². The molecule has 2 saturated heterocycles. The second-order valence-electron chi connectivity index (χ2n) is 9.70. The molecular formula is C23H38N2O5. The van der Waals surface area contributed by atoms with Gasteiger partial charge in [-0.3, -0.25) is 9.69 Å². The summed E-state index contributed by atoms with van der Waals surface area (Å²) >= 11 is 0. The molecular weight excluding hydrogens is 384 g/mol. The lowest BCUT2D eigenvalue weighted by molar-refractivity contribution is -0.220. The summed E-state index contributed by atoms with van der Waals surface area (Å²) < 4.78 is 22.8. The highest BCUT2D eigenvalue weighted by Crippen LogP contribution is 2.30. The van der Waals surface area contributed by atoms with Crippen LogP contribution < -0.4 is 0 Å². The molecule has 170 valence electrons. The van der Waals surface area contributed by atoms with E-state index in [1.54, 1.807) is 0 Å². The van der Waals surface area contributed by atoms with Gasteiger partial charge in [-0.15, -0.1) is 0 Å². The van der Waals surface area contributed by atoms with E-state index >= 15 is 0 Å². The van der Waals surface area contributed by atoms with Gasteiger partial charge in [-0.05, 0) is 72.8 Å². The van der Waals surface area contributed by atoms with Crippen molar-refractivity contribution >= 4 is 5.78 Å². The summed E-state index contributed by atoms with van der Waals surface area (Å²) in [7, 11) is 2.03. The van der Waals surface area contributed by atoms with Crippen molar-refractivity contribution in [1.82, 2.24) is 10.1 Å². The van der Waals surface area contributed by atoms with Gasteiger partial charge in [0.25, 0.3) is 0 Å². The number of likely N-dealkylation sites (N-methyl/N-ethyl adjacent to an activating group) is 1. The summed E-state index contributed by atoms with van der Waals surface area (Å²) in [5.74, 6) is 1.27. The smallest absolute Gasteiger partial charge is 0.160 e. The van der Waals surface area contributed by atoms with Crippen LogP contribution in [-0.4, -0.2) is 61.1 Å². The van der Waals surface area contributed by atoms with Crippen LogP contribution in [0, 0.1) is 5.92 Å². The second kappa shape index (κ2) is 9.90. The first-order valence-electron chi connectivity index (χ1n) is 11.3. The van der Waals surface area contributed by atoms with Crippen molar-refractivity contribution in [2.24, 2.45) is 5.92 Å². The number of ketones is 1. The summed E-state index contributed by atoms with van der Waals surface area (Å²) in [4.78, 5) is 15.3. The fraction of sp³-hybridized carbons (Fsp3) is 0.826. The zero-order valence-corrected chi connectivity index (χ0v) is 19.2. The van der Waals surface area contributed by atoms with E-state index in [-0.39, 0.29) is 18.5 Å². The molecule has 1 atom stereocenters. The summed E-state index contributed by atoms with van der Waals surface area (Å²) in [6.07, 6.45) is 5.19. The Balaban J connectivity index is 1.57. The van der Waals surface area contributed by atoms with Crippen molar-refractivity contribution in [3.8, 4) is 0 Å². The highest BCUT2D eigenvalue weighted by molar-refractivity contribution is 5.89. The number of aromatic nitrogens is 1. The average Bonchev–Trinajstić information content (AvgIpc) is 3.18. The fourth-order valence-electron chi connectivity index (χ4n) is 4.01. The van der Waals surface area contributed by atoms with Crippen LogP contribution in [0.1, 0.15) is 71.3 Å². The topological polar surface area (TPSA) is 74.0 Å². The van der Waals surface area contributed by atoms with Gasteiger partial charge >= 0.3 is 0 Å². The predicted octanol–water partition coefficient (Wildman–Crippen LogP) is 3.70. The first-order valence-corrected chi connectivity index (χ1v) is 11.3. The van der Waals surface area contributed by atoms with Crippen molar-refractivity contribution in [2.75, 3.05) is 33.4 Å². The second-order valence-corrected chi connectivity index (χ2v) is 9.70. The standard InChI is InChI=1S/C23H38N2O5/c1-22(2,25(5)16-17-9-12-27-13-10-17)20(26)15-18-14-19(24-30-18)23(3,4)29-21-8-6-7-11-28-21/h14,17,21H,6-13,15-16H2,1-5H3. The molecule has 7 nitrogen and oxygen atoms in total. The number of hydrogen-bond donors (Lipinski definition) is 0. The van der Waals surface area contributed by atoms with Gasteiger partial charge in [0.1, 0.15) is 17.1 Å². The van der Waals surface area contributed by atoms with Crippen LogP contribution in [0.5, 0.6) is 0 Å². The Morgan fingerprint density at radius 3 is 2.57 bits per heavy atom. The minimum absolute atomic E-state index is 0.120. The molecule has 0 spiro atoms. The Bertz CT molecular complexity index is 688. The molecule has 3 rings (SSSR count). The zero-order valence-electron chi connectivity index (χ0n) is 19.2. The zero-order chi connectivity index (χ0) is 21.8. The van der Waals surface area contributed by atoms with Crippen LogP contribution in [0.2, 0.25) is 0 Å². The molecule has 0 N–H and O–H groups in total. The molecule has 1 aromatic rings. The van der Waals surface area contributed by atoms with Gasteiger partial charge < -0.3 is 18.7 Å². The van der Waals surface area contributed by atoms with Gasteiger partial charge in [0.2, 0.25) is 0 Å². The molecule has 3 heterocycles. The van der Waals surface area contributed by atoms with E-state index in [2.05, 4.69) is 10.1 Å². The molecule has 30 heavy (non-hydrogen) atoms. The lowest BCUT2D eigenvalue weighted by Gasteiger charge is -2.37. The minimum atomic E-state index is -0.637. The van der Waals surface area contributed by atoms with E-state index in [0.717, 1.165) is 58.5 Å². The van der Waals surface area contributed by atoms with Crippen molar-refractivity contribution in [3.63, 3.8) is 0 Å². The maximum absolute atomic E-state index is 13.1. The van der Waals surface area contributed by atoms with E-state index in [9.17, 15) is 4.79 Å². The molecule has 0 aliphatic carbocycles. The molecule has 2 aliphatic rings. The normalized spacial score (nSPS) is 21.9. The SMILES string of the molecule is CN(CC1CCOCC1)C(C)(C)C(=O)Cc1cc(C(C)(C)OC2CCCCO2)no1. The van der Waals surface area contributed by atoms with Crippen molar-refractivity contribution < 1.29 is 23.5 Å². The third-order valence-corrected chi connectivity index (χ3v) is 6.58. The monoisotopic (exact) mass is 422 g/mol. The highest BCUT2D eigenvalue weighted by Gasteiger charge is 2.35. The third-order valence-electron chi connectivity index (χ3n) is 6.58. The molecule has 1 aromatic heterocycles. The van der Waals surface area contributed by atoms with Crippen LogP contribution in [0.15, 0.2) is 10.6 Å². The fourth-order valence-corrected chi connectivity index (χ4v) is 4.01. The van der Waals surface area contributed by atoms with Gasteiger partial charge in [0, 0.05) is 32.4 Å². The Hall–Kier alpha value is -1.28. The predicted molar refractivity (Wildman–Crippen MR) is 113 cm³/mol. The summed E-state index contributed by atoms with van der Waals surface area (Å²) in [5, 5.41) is 4.19. The number of rotatable bonds is 9. The van der Waals surface area contributed by atoms with Crippen molar-refractivity contribution in [1.29, 1.82) is 0 Å². The molecule has 2 aliphatic heterocycles. The Kier molecular flexibility index (Phi) is 7.71. The van der Waals surface area contributed by atoms with E-state index in [1.807, 2.05) is 40.8 Å². The first-order chi connectivity index (χ1) is 14.2. The Morgan fingerprint density at radius 1 is 1.17 bits per heavy atom. The Labute approximate surface area is 180 Å². The van der Waals surface area contributed by atoms with Crippen LogP contribution in [0.4, 0.5) is 0 Å². The summed E-state index contributed by atoms with van der Waals surface area (Å²) in [6.45, 7) is 11.1.